The molecule has 7 aromatic rings. The van der Waals surface area contributed by atoms with Gasteiger partial charge in [-0.2, -0.15) is 0 Å². The van der Waals surface area contributed by atoms with E-state index in [4.69, 9.17) is 19.4 Å². The molecule has 3 aromatic heterocycles. The molecule has 8 heteroatoms. The van der Waals surface area contributed by atoms with Gasteiger partial charge in [-0.25, -0.2) is 19.6 Å². The molecule has 1 unspecified atom stereocenters. The summed E-state index contributed by atoms with van der Waals surface area (Å²) in [6.45, 7) is 0. The number of allylic oxidation sites excluding steroid dienone is 3. The van der Waals surface area contributed by atoms with Gasteiger partial charge in [-0.05, 0) is 76.7 Å². The van der Waals surface area contributed by atoms with Gasteiger partial charge in [-0.1, -0.05) is 133 Å². The summed E-state index contributed by atoms with van der Waals surface area (Å²) in [6.07, 6.45) is 10.3. The van der Waals surface area contributed by atoms with E-state index in [1.807, 2.05) is 84.9 Å². The quantitative estimate of drug-likeness (QED) is 0.123. The Kier molecular flexibility index (Phi) is 9.94. The van der Waals surface area contributed by atoms with E-state index in [-0.39, 0.29) is 17.6 Å². The Hall–Kier alpha value is -8.10. The molecule has 0 spiro atoms. The lowest BCUT2D eigenvalue weighted by Crippen LogP contribution is -2.23. The van der Waals surface area contributed by atoms with Gasteiger partial charge in [0, 0.05) is 50.2 Å². The Morgan fingerprint density at radius 3 is 1.39 bits per heavy atom. The second kappa shape index (κ2) is 16.2. The predicted octanol–water partition coefficient (Wildman–Crippen LogP) is 11.9. The van der Waals surface area contributed by atoms with E-state index in [0.29, 0.717) is 11.4 Å². The summed E-state index contributed by atoms with van der Waals surface area (Å²) >= 11 is 0. The maximum absolute atomic E-state index is 13.9. The fraction of sp³-hybridized carbons (Fsp3) is 0.0741. The van der Waals surface area contributed by atoms with Gasteiger partial charge in [0.2, 0.25) is 0 Å². The summed E-state index contributed by atoms with van der Waals surface area (Å²) in [5, 5.41) is 0. The zero-order valence-electron chi connectivity index (χ0n) is 34.1. The van der Waals surface area contributed by atoms with Crippen LogP contribution in [0.2, 0.25) is 0 Å². The van der Waals surface area contributed by atoms with Crippen LogP contribution in [0.3, 0.4) is 0 Å². The third-order valence-electron chi connectivity index (χ3n) is 11.6. The summed E-state index contributed by atoms with van der Waals surface area (Å²) in [7, 11) is 2.66. The lowest BCUT2D eigenvalue weighted by atomic mass is 9.80. The molecule has 1 atom stereocenters. The van der Waals surface area contributed by atoms with Gasteiger partial charge in [0.25, 0.3) is 0 Å². The highest BCUT2D eigenvalue weighted by Gasteiger charge is 2.36. The molecule has 8 bridgehead atoms. The summed E-state index contributed by atoms with van der Waals surface area (Å²) in [5.74, 6) is -1.89. The molecule has 4 aromatic carbocycles. The number of carbonyl (C=O) groups is 2. The topological polar surface area (TPSA) is 110 Å². The number of nitrogens with zero attached hydrogens (tertiary/aromatic N) is 2. The van der Waals surface area contributed by atoms with Crippen LogP contribution < -0.4 is 0 Å². The van der Waals surface area contributed by atoms with Gasteiger partial charge in [0.15, 0.2) is 0 Å². The number of carbonyl (C=O) groups excluding carboxylic acids is 2. The Morgan fingerprint density at radius 1 is 0.516 bits per heavy atom. The average Bonchev–Trinajstić information content (AvgIpc) is 4.17. The minimum absolute atomic E-state index is 0.218. The van der Waals surface area contributed by atoms with Crippen molar-refractivity contribution in [2.24, 2.45) is 5.92 Å². The second-order valence-electron chi connectivity index (χ2n) is 15.2. The van der Waals surface area contributed by atoms with Crippen LogP contribution in [0, 0.1) is 5.92 Å². The van der Waals surface area contributed by atoms with E-state index < -0.39 is 17.9 Å². The van der Waals surface area contributed by atoms with E-state index in [2.05, 4.69) is 101 Å². The highest BCUT2D eigenvalue weighted by atomic mass is 16.5. The fourth-order valence-corrected chi connectivity index (χ4v) is 8.83. The highest BCUT2D eigenvalue weighted by molar-refractivity contribution is 6.08. The normalized spacial score (nSPS) is 14.4. The van der Waals surface area contributed by atoms with E-state index in [1.54, 1.807) is 0 Å². The third kappa shape index (κ3) is 6.77. The number of fused-ring (bicyclic) bond motifs is 8. The Labute approximate surface area is 358 Å². The van der Waals surface area contributed by atoms with Crippen LogP contribution >= 0.6 is 0 Å². The summed E-state index contributed by atoms with van der Waals surface area (Å²) in [6, 6.07) is 49.2. The Balaban J connectivity index is 1.42. The van der Waals surface area contributed by atoms with Gasteiger partial charge >= 0.3 is 11.9 Å². The number of ether oxygens (including phenoxy) is 2. The van der Waals surface area contributed by atoms with Crippen molar-refractivity contribution in [2.75, 3.05) is 14.2 Å². The van der Waals surface area contributed by atoms with Gasteiger partial charge in [-0.3, -0.25) is 0 Å². The largest absolute Gasteiger partial charge is 0.466 e. The van der Waals surface area contributed by atoms with Crippen molar-refractivity contribution in [3.05, 3.63) is 192 Å². The van der Waals surface area contributed by atoms with Crippen LogP contribution in [0.15, 0.2) is 169 Å². The molecule has 0 saturated carbocycles. The second-order valence-corrected chi connectivity index (χ2v) is 15.2. The first-order valence-corrected chi connectivity index (χ1v) is 20.5. The molecule has 0 radical (unpaired) electrons. The molecule has 0 saturated heterocycles. The smallest absolute Gasteiger partial charge is 0.335 e. The molecule has 62 heavy (non-hydrogen) atoms. The van der Waals surface area contributed by atoms with Crippen LogP contribution in [0.25, 0.3) is 90.4 Å². The number of methoxy groups -OCH3 is 2. The number of benzene rings is 4. The van der Waals surface area contributed by atoms with Crippen molar-refractivity contribution in [3.63, 3.8) is 0 Å². The van der Waals surface area contributed by atoms with Crippen molar-refractivity contribution in [2.45, 2.75) is 6.42 Å². The molecule has 0 fully saturated rings. The molecule has 5 heterocycles. The third-order valence-corrected chi connectivity index (χ3v) is 11.6. The van der Waals surface area contributed by atoms with Crippen molar-refractivity contribution < 1.29 is 19.1 Å². The Morgan fingerprint density at radius 2 is 0.935 bits per heavy atom. The lowest BCUT2D eigenvalue weighted by Gasteiger charge is -2.24. The molecular formula is C54H40N4O4. The predicted molar refractivity (Wildman–Crippen MR) is 248 cm³/mol. The minimum atomic E-state index is -0.705. The first kappa shape index (κ1) is 38.1. The van der Waals surface area contributed by atoms with Crippen molar-refractivity contribution in [1.29, 1.82) is 0 Å². The van der Waals surface area contributed by atoms with Gasteiger partial charge in [0.05, 0.1) is 48.1 Å². The minimum Gasteiger partial charge on any atom is -0.466 e. The lowest BCUT2D eigenvalue weighted by molar-refractivity contribution is -0.139. The van der Waals surface area contributed by atoms with Crippen LogP contribution in [0.4, 0.5) is 0 Å². The first-order chi connectivity index (χ1) is 30.5. The monoisotopic (exact) mass is 808 g/mol. The number of rotatable bonds is 7. The van der Waals surface area contributed by atoms with Crippen LogP contribution in [-0.4, -0.2) is 46.1 Å². The van der Waals surface area contributed by atoms with Gasteiger partial charge < -0.3 is 19.4 Å². The molecule has 8 nitrogen and oxygen atoms in total. The number of hydrogen-bond donors (Lipinski definition) is 2. The maximum Gasteiger partial charge on any atom is 0.335 e. The zero-order valence-corrected chi connectivity index (χ0v) is 34.1. The summed E-state index contributed by atoms with van der Waals surface area (Å²) in [5.41, 5.74) is 15.0. The summed E-state index contributed by atoms with van der Waals surface area (Å²) in [4.78, 5) is 45.9. The summed E-state index contributed by atoms with van der Waals surface area (Å²) < 4.78 is 10.6. The number of hydrogen-bond acceptors (Lipinski definition) is 6. The van der Waals surface area contributed by atoms with E-state index in [0.717, 1.165) is 83.5 Å². The maximum atomic E-state index is 13.9. The van der Waals surface area contributed by atoms with Crippen LogP contribution in [-0.2, 0) is 19.1 Å². The Bertz CT molecular complexity index is 3190. The average molecular weight is 809 g/mol. The van der Waals surface area contributed by atoms with E-state index in [1.165, 1.54) is 14.2 Å². The molecule has 0 amide bonds. The molecule has 2 N–H and O–H groups in total. The first-order valence-electron chi connectivity index (χ1n) is 20.5. The number of esters is 2. The molecule has 2 aliphatic heterocycles. The van der Waals surface area contributed by atoms with Crippen molar-refractivity contribution >= 4 is 57.8 Å². The van der Waals surface area contributed by atoms with Gasteiger partial charge in [0.1, 0.15) is 0 Å². The number of aromatic nitrogens is 4. The van der Waals surface area contributed by atoms with E-state index in [9.17, 15) is 9.59 Å². The fourth-order valence-electron chi connectivity index (χ4n) is 8.83. The zero-order chi connectivity index (χ0) is 42.2. The van der Waals surface area contributed by atoms with Crippen LogP contribution in [0.5, 0.6) is 0 Å². The standard InChI is InChI=1S/C54H40N4O4/c1-61-53(59)38-25-15-24-37(51(38)54(60)62-2)39-32-46-49(35-20-11-5-12-21-35)44-29-28-42(56-44)47(33-16-7-3-8-17-33)40-26-27-41(55-40)48(34-18-9-4-10-19-34)43-30-31-45(57-43)50(52(39)58-46)36-22-13-6-14-23-36/h3-24,26-32,37,56-57H,25H2,1-2H3. The number of H-pyrrole nitrogens is 2. The van der Waals surface area contributed by atoms with Crippen molar-refractivity contribution in [3.8, 4) is 44.5 Å². The molecular weight excluding hydrogens is 769 g/mol. The highest BCUT2D eigenvalue weighted by Crippen LogP contribution is 2.46. The molecule has 10 rings (SSSR count). The molecule has 300 valence electrons. The molecule has 3 aliphatic rings. The van der Waals surface area contributed by atoms with Crippen molar-refractivity contribution in [1.82, 2.24) is 19.9 Å². The number of nitrogens with one attached hydrogen (secondary N) is 2. The SMILES string of the molecule is COC(=O)C1=C(C(=O)OC)C(C2=Cc3nc2c(-c2ccccc2)c2ccc([nH]2)c(-c2ccccc2)c2nc(c(-c4ccccc4)c4ccc([nH]4)c3-c3ccccc3)C=C2)C=CC1. The van der Waals surface area contributed by atoms with E-state index >= 15 is 0 Å². The number of aromatic amines is 2. The van der Waals surface area contributed by atoms with Crippen LogP contribution in [0.1, 0.15) is 29.2 Å². The molecule has 1 aliphatic carbocycles. The van der Waals surface area contributed by atoms with Gasteiger partial charge in [-0.15, -0.1) is 0 Å².